The van der Waals surface area contributed by atoms with Crippen LogP contribution in [0.2, 0.25) is 0 Å². The zero-order valence-electron chi connectivity index (χ0n) is 30.1. The number of hydrogen-bond acceptors (Lipinski definition) is 2. The molecule has 0 bridgehead atoms. The molecule has 0 N–H and O–H groups in total. The Labute approximate surface area is 319 Å². The fourth-order valence-electron chi connectivity index (χ4n) is 8.71. The summed E-state index contributed by atoms with van der Waals surface area (Å²) in [6, 6.07) is 72.6. The molecule has 258 valence electrons. The van der Waals surface area contributed by atoms with Gasteiger partial charge < -0.3 is 9.32 Å². The predicted molar refractivity (Wildman–Crippen MR) is 233 cm³/mol. The lowest BCUT2D eigenvalue weighted by atomic mass is 9.94. The molecule has 1 aromatic heterocycles. The summed E-state index contributed by atoms with van der Waals surface area (Å²) in [6.07, 6.45) is 0.890. The van der Waals surface area contributed by atoms with E-state index in [1.54, 1.807) is 0 Å². The van der Waals surface area contributed by atoms with E-state index in [1.165, 1.54) is 54.2 Å². The zero-order valence-corrected chi connectivity index (χ0v) is 30.1. The number of hydrogen-bond donors (Lipinski definition) is 0. The van der Waals surface area contributed by atoms with Crippen molar-refractivity contribution in [2.24, 2.45) is 0 Å². The molecule has 0 saturated carbocycles. The number of furan rings is 1. The van der Waals surface area contributed by atoms with Crippen LogP contribution in [0.5, 0.6) is 0 Å². The number of benzene rings is 10. The van der Waals surface area contributed by atoms with Crippen LogP contribution < -0.4 is 4.90 Å². The molecule has 11 rings (SSSR count). The summed E-state index contributed by atoms with van der Waals surface area (Å²) in [5, 5.41) is 11.9. The maximum atomic E-state index is 6.85. The number of fused-ring (bicyclic) bond motifs is 9. The second kappa shape index (κ2) is 12.8. The standard InChI is InChI=1S/C53H35NO/c1-3-15-35(16-4-1)31-36-27-28-39-34-50(45-24-12-10-22-43(45)47(39)32-36)54(49-33-38-19-7-8-20-40(38)42-21-9-11-23-44(42)49)48-30-29-41(37-17-5-2-6-18-37)53-52(48)46-25-13-14-26-51(46)55-53/h1-30,32-34H,31H2. The first-order valence-electron chi connectivity index (χ1n) is 19.0. The average Bonchev–Trinajstić information content (AvgIpc) is 3.65. The molecule has 0 aliphatic rings. The smallest absolute Gasteiger partial charge is 0.145 e. The van der Waals surface area contributed by atoms with Gasteiger partial charge in [0.2, 0.25) is 0 Å². The third kappa shape index (κ3) is 5.18. The molecular weight excluding hydrogens is 667 g/mol. The summed E-state index contributed by atoms with van der Waals surface area (Å²) < 4.78 is 6.85. The van der Waals surface area contributed by atoms with E-state index in [0.29, 0.717) is 0 Å². The van der Waals surface area contributed by atoms with Crippen LogP contribution in [-0.2, 0) is 6.42 Å². The van der Waals surface area contributed by atoms with Crippen molar-refractivity contribution in [2.45, 2.75) is 6.42 Å². The van der Waals surface area contributed by atoms with E-state index in [0.717, 1.165) is 56.5 Å². The van der Waals surface area contributed by atoms with Crippen molar-refractivity contribution < 1.29 is 4.42 Å². The van der Waals surface area contributed by atoms with Gasteiger partial charge in [-0.25, -0.2) is 0 Å². The molecule has 0 unspecified atom stereocenters. The molecule has 0 atom stereocenters. The van der Waals surface area contributed by atoms with Gasteiger partial charge >= 0.3 is 0 Å². The minimum absolute atomic E-state index is 0.875. The first kappa shape index (κ1) is 31.4. The van der Waals surface area contributed by atoms with Crippen molar-refractivity contribution >= 4 is 82.1 Å². The molecule has 0 aliphatic heterocycles. The number of nitrogens with zero attached hydrogens (tertiary/aromatic N) is 1. The van der Waals surface area contributed by atoms with Crippen molar-refractivity contribution in [1.82, 2.24) is 0 Å². The van der Waals surface area contributed by atoms with Gasteiger partial charge in [-0.05, 0) is 85.8 Å². The van der Waals surface area contributed by atoms with Crippen molar-refractivity contribution in [3.63, 3.8) is 0 Å². The molecule has 0 saturated heterocycles. The molecular formula is C53H35NO. The minimum atomic E-state index is 0.875. The quantitative estimate of drug-likeness (QED) is 0.161. The lowest BCUT2D eigenvalue weighted by molar-refractivity contribution is 0.670. The highest BCUT2D eigenvalue weighted by Crippen LogP contribution is 2.50. The summed E-state index contributed by atoms with van der Waals surface area (Å²) >= 11 is 0. The molecule has 0 fully saturated rings. The molecule has 2 heteroatoms. The maximum absolute atomic E-state index is 6.85. The van der Waals surface area contributed by atoms with Crippen molar-refractivity contribution in [2.75, 3.05) is 4.90 Å². The second-order valence-corrected chi connectivity index (χ2v) is 14.5. The SMILES string of the molecule is c1ccc(Cc2ccc3cc(N(c4cc5ccccc5c5ccccc45)c4ccc(-c5ccccc5)c5oc6ccccc6c45)c4ccccc4c3c2)cc1. The third-order valence-electron chi connectivity index (χ3n) is 11.2. The third-order valence-corrected chi connectivity index (χ3v) is 11.2. The molecule has 0 radical (unpaired) electrons. The maximum Gasteiger partial charge on any atom is 0.145 e. The van der Waals surface area contributed by atoms with Gasteiger partial charge in [-0.3, -0.25) is 0 Å². The van der Waals surface area contributed by atoms with E-state index >= 15 is 0 Å². The van der Waals surface area contributed by atoms with E-state index < -0.39 is 0 Å². The van der Waals surface area contributed by atoms with Crippen LogP contribution in [0.25, 0.3) is 76.2 Å². The predicted octanol–water partition coefficient (Wildman–Crippen LogP) is 14.9. The lowest BCUT2D eigenvalue weighted by Gasteiger charge is -2.30. The second-order valence-electron chi connectivity index (χ2n) is 14.5. The van der Waals surface area contributed by atoms with Crippen LogP contribution in [0.4, 0.5) is 17.1 Å². The summed E-state index contributed by atoms with van der Waals surface area (Å²) in [4.78, 5) is 2.51. The van der Waals surface area contributed by atoms with Crippen molar-refractivity contribution in [3.05, 3.63) is 211 Å². The van der Waals surface area contributed by atoms with E-state index in [2.05, 4.69) is 205 Å². The lowest BCUT2D eigenvalue weighted by Crippen LogP contribution is -2.12. The van der Waals surface area contributed by atoms with Gasteiger partial charge in [0.05, 0.1) is 22.4 Å². The Kier molecular flexibility index (Phi) is 7.28. The van der Waals surface area contributed by atoms with Crippen LogP contribution in [0.15, 0.2) is 205 Å². The van der Waals surface area contributed by atoms with Crippen LogP contribution in [0.1, 0.15) is 11.1 Å². The first-order valence-corrected chi connectivity index (χ1v) is 19.0. The summed E-state index contributed by atoms with van der Waals surface area (Å²) in [6.45, 7) is 0. The monoisotopic (exact) mass is 701 g/mol. The Morgan fingerprint density at radius 3 is 1.65 bits per heavy atom. The van der Waals surface area contributed by atoms with Gasteiger partial charge in [0.15, 0.2) is 0 Å². The zero-order chi connectivity index (χ0) is 36.3. The summed E-state index contributed by atoms with van der Waals surface area (Å²) in [7, 11) is 0. The van der Waals surface area contributed by atoms with Crippen LogP contribution in [0.3, 0.4) is 0 Å². The van der Waals surface area contributed by atoms with Crippen LogP contribution in [0, 0.1) is 0 Å². The Morgan fingerprint density at radius 1 is 0.364 bits per heavy atom. The highest BCUT2D eigenvalue weighted by Gasteiger charge is 2.25. The molecule has 11 aromatic rings. The molecule has 0 amide bonds. The fourth-order valence-corrected chi connectivity index (χ4v) is 8.71. The van der Waals surface area contributed by atoms with E-state index in [4.69, 9.17) is 4.42 Å². The normalized spacial score (nSPS) is 11.7. The highest BCUT2D eigenvalue weighted by atomic mass is 16.3. The van der Waals surface area contributed by atoms with E-state index in [1.807, 2.05) is 0 Å². The fraction of sp³-hybridized carbons (Fsp3) is 0.0189. The Balaban J connectivity index is 1.26. The number of para-hydroxylation sites is 1. The minimum Gasteiger partial charge on any atom is -0.455 e. The average molecular weight is 702 g/mol. The highest BCUT2D eigenvalue weighted by molar-refractivity contribution is 6.23. The summed E-state index contributed by atoms with van der Waals surface area (Å²) in [5.41, 5.74) is 9.90. The summed E-state index contributed by atoms with van der Waals surface area (Å²) in [5.74, 6) is 0. The van der Waals surface area contributed by atoms with Crippen molar-refractivity contribution in [3.8, 4) is 11.1 Å². The van der Waals surface area contributed by atoms with Crippen molar-refractivity contribution in [1.29, 1.82) is 0 Å². The first-order chi connectivity index (χ1) is 27.3. The largest absolute Gasteiger partial charge is 0.455 e. The van der Waals surface area contributed by atoms with Crippen LogP contribution in [-0.4, -0.2) is 0 Å². The van der Waals surface area contributed by atoms with Gasteiger partial charge in [0, 0.05) is 21.7 Å². The van der Waals surface area contributed by atoms with Gasteiger partial charge in [-0.15, -0.1) is 0 Å². The molecule has 0 spiro atoms. The Hall–Kier alpha value is -7.16. The van der Waals surface area contributed by atoms with Gasteiger partial charge in [0.25, 0.3) is 0 Å². The molecule has 0 aliphatic carbocycles. The van der Waals surface area contributed by atoms with Gasteiger partial charge in [-0.2, -0.15) is 0 Å². The number of anilines is 3. The molecule has 2 nitrogen and oxygen atoms in total. The Bertz CT molecular complexity index is 3230. The van der Waals surface area contributed by atoms with E-state index in [-0.39, 0.29) is 0 Å². The van der Waals surface area contributed by atoms with Crippen LogP contribution >= 0.6 is 0 Å². The number of rotatable bonds is 6. The van der Waals surface area contributed by atoms with E-state index in [9.17, 15) is 0 Å². The molecule has 1 heterocycles. The molecule has 10 aromatic carbocycles. The topological polar surface area (TPSA) is 16.4 Å². The Morgan fingerprint density at radius 2 is 0.927 bits per heavy atom. The molecule has 55 heavy (non-hydrogen) atoms. The van der Waals surface area contributed by atoms with Gasteiger partial charge in [0.1, 0.15) is 11.2 Å². The van der Waals surface area contributed by atoms with Gasteiger partial charge in [-0.1, -0.05) is 170 Å².